The van der Waals surface area contributed by atoms with Crippen molar-refractivity contribution in [2.75, 3.05) is 0 Å². The van der Waals surface area contributed by atoms with Crippen LogP contribution in [0.25, 0.3) is 0 Å². The van der Waals surface area contributed by atoms with Gasteiger partial charge in [-0.1, -0.05) is 60.7 Å². The monoisotopic (exact) mass is 280 g/mol. The molecule has 0 aromatic heterocycles. The number of hydrogen-bond acceptors (Lipinski definition) is 2. The number of rotatable bonds is 6. The van der Waals surface area contributed by atoms with Crippen LogP contribution in [0.15, 0.2) is 60.7 Å². The maximum absolute atomic E-state index is 6.51. The SMILES string of the molecule is N[C@@H](CCC1(N)C[C@H]1c1ccccc1)Cc1ccccc1. The molecule has 0 bridgehead atoms. The Bertz CT molecular complexity index is 567. The molecule has 0 aliphatic heterocycles. The van der Waals surface area contributed by atoms with Crippen LogP contribution in [0.4, 0.5) is 0 Å². The van der Waals surface area contributed by atoms with Gasteiger partial charge in [-0.05, 0) is 36.8 Å². The Kier molecular flexibility index (Phi) is 4.09. The molecule has 1 saturated carbocycles. The van der Waals surface area contributed by atoms with Gasteiger partial charge in [-0.3, -0.25) is 0 Å². The first kappa shape index (κ1) is 14.3. The molecule has 2 aromatic carbocycles. The van der Waals surface area contributed by atoms with Gasteiger partial charge in [-0.2, -0.15) is 0 Å². The lowest BCUT2D eigenvalue weighted by Crippen LogP contribution is -2.30. The smallest absolute Gasteiger partial charge is 0.0231 e. The zero-order valence-electron chi connectivity index (χ0n) is 12.4. The number of hydrogen-bond donors (Lipinski definition) is 2. The summed E-state index contributed by atoms with van der Waals surface area (Å²) in [5.41, 5.74) is 15.4. The van der Waals surface area contributed by atoms with Gasteiger partial charge in [0.1, 0.15) is 0 Å². The first-order chi connectivity index (χ1) is 10.2. The minimum absolute atomic E-state index is 0.0321. The van der Waals surface area contributed by atoms with E-state index in [1.807, 2.05) is 6.07 Å². The van der Waals surface area contributed by atoms with E-state index in [1.54, 1.807) is 0 Å². The van der Waals surface area contributed by atoms with E-state index in [0.717, 1.165) is 25.7 Å². The molecule has 4 N–H and O–H groups in total. The average molecular weight is 280 g/mol. The minimum atomic E-state index is -0.0321. The van der Waals surface area contributed by atoms with Gasteiger partial charge in [0.05, 0.1) is 0 Å². The molecule has 1 fully saturated rings. The lowest BCUT2D eigenvalue weighted by Gasteiger charge is -2.16. The zero-order valence-corrected chi connectivity index (χ0v) is 12.4. The second-order valence-corrected chi connectivity index (χ2v) is 6.39. The van der Waals surface area contributed by atoms with Crippen LogP contribution in [0.1, 0.15) is 36.3 Å². The molecule has 2 aromatic rings. The van der Waals surface area contributed by atoms with E-state index in [-0.39, 0.29) is 11.6 Å². The first-order valence-electron chi connectivity index (χ1n) is 7.81. The van der Waals surface area contributed by atoms with Crippen LogP contribution in [0, 0.1) is 0 Å². The van der Waals surface area contributed by atoms with Crippen molar-refractivity contribution in [3.63, 3.8) is 0 Å². The molecule has 0 spiro atoms. The summed E-state index contributed by atoms with van der Waals surface area (Å²) < 4.78 is 0. The van der Waals surface area contributed by atoms with Crippen molar-refractivity contribution in [3.8, 4) is 0 Å². The lowest BCUT2D eigenvalue weighted by atomic mass is 9.97. The summed E-state index contributed by atoms with van der Waals surface area (Å²) >= 11 is 0. The third-order valence-electron chi connectivity index (χ3n) is 4.64. The molecule has 1 unspecified atom stereocenters. The van der Waals surface area contributed by atoms with E-state index >= 15 is 0 Å². The maximum Gasteiger partial charge on any atom is 0.0231 e. The molecule has 2 heteroatoms. The van der Waals surface area contributed by atoms with Crippen molar-refractivity contribution in [2.24, 2.45) is 11.5 Å². The van der Waals surface area contributed by atoms with Crippen LogP contribution >= 0.6 is 0 Å². The molecule has 1 aliphatic rings. The standard InChI is InChI=1S/C19H24N2/c20-17(13-15-7-3-1-4-8-15)11-12-19(21)14-18(19)16-9-5-2-6-10-16/h1-10,17-18H,11-14,20-21H2/t17-,18-,19?/m0/s1. The molecule has 1 aliphatic carbocycles. The zero-order chi connectivity index (χ0) is 14.7. The van der Waals surface area contributed by atoms with E-state index in [2.05, 4.69) is 54.6 Å². The van der Waals surface area contributed by atoms with Crippen molar-refractivity contribution in [1.29, 1.82) is 0 Å². The highest BCUT2D eigenvalue weighted by atomic mass is 14.9. The van der Waals surface area contributed by atoms with E-state index in [9.17, 15) is 0 Å². The summed E-state index contributed by atoms with van der Waals surface area (Å²) in [6.07, 6.45) is 4.04. The third-order valence-corrected chi connectivity index (χ3v) is 4.64. The first-order valence-corrected chi connectivity index (χ1v) is 7.81. The number of benzene rings is 2. The van der Waals surface area contributed by atoms with Crippen LogP contribution in [-0.2, 0) is 6.42 Å². The summed E-state index contributed by atoms with van der Waals surface area (Å²) in [6.45, 7) is 0. The van der Waals surface area contributed by atoms with Crippen LogP contribution < -0.4 is 11.5 Å². The quantitative estimate of drug-likeness (QED) is 0.853. The summed E-state index contributed by atoms with van der Waals surface area (Å²) in [5, 5.41) is 0. The van der Waals surface area contributed by atoms with Gasteiger partial charge in [0, 0.05) is 17.5 Å². The van der Waals surface area contributed by atoms with Gasteiger partial charge in [0.2, 0.25) is 0 Å². The van der Waals surface area contributed by atoms with Crippen LogP contribution in [0.3, 0.4) is 0 Å². The fourth-order valence-electron chi connectivity index (χ4n) is 3.21. The largest absolute Gasteiger partial charge is 0.327 e. The van der Waals surface area contributed by atoms with Gasteiger partial charge in [0.25, 0.3) is 0 Å². The Hall–Kier alpha value is -1.64. The highest BCUT2D eigenvalue weighted by Gasteiger charge is 2.50. The van der Waals surface area contributed by atoms with E-state index in [4.69, 9.17) is 11.5 Å². The van der Waals surface area contributed by atoms with Crippen molar-refractivity contribution in [1.82, 2.24) is 0 Å². The molecule has 110 valence electrons. The predicted molar refractivity (Wildman–Crippen MR) is 88.1 cm³/mol. The van der Waals surface area contributed by atoms with Gasteiger partial charge >= 0.3 is 0 Å². The summed E-state index contributed by atoms with van der Waals surface area (Å²) in [5.74, 6) is 0.516. The van der Waals surface area contributed by atoms with Crippen LogP contribution in [-0.4, -0.2) is 11.6 Å². The molecule has 3 rings (SSSR count). The van der Waals surface area contributed by atoms with Crippen molar-refractivity contribution in [2.45, 2.75) is 43.2 Å². The van der Waals surface area contributed by atoms with Crippen molar-refractivity contribution in [3.05, 3.63) is 71.8 Å². The molecular formula is C19H24N2. The Morgan fingerprint density at radius 1 is 1.00 bits per heavy atom. The molecule has 2 nitrogen and oxygen atoms in total. The molecule has 3 atom stereocenters. The molecule has 0 radical (unpaired) electrons. The average Bonchev–Trinajstić information content (AvgIpc) is 3.20. The molecule has 0 amide bonds. The maximum atomic E-state index is 6.51. The van der Waals surface area contributed by atoms with Gasteiger partial charge in [-0.15, -0.1) is 0 Å². The van der Waals surface area contributed by atoms with Crippen LogP contribution in [0.2, 0.25) is 0 Å². The van der Waals surface area contributed by atoms with E-state index < -0.39 is 0 Å². The lowest BCUT2D eigenvalue weighted by molar-refractivity contribution is 0.499. The van der Waals surface area contributed by atoms with Gasteiger partial charge in [-0.25, -0.2) is 0 Å². The molecule has 0 saturated heterocycles. The summed E-state index contributed by atoms with van der Waals surface area (Å²) in [7, 11) is 0. The second-order valence-electron chi connectivity index (χ2n) is 6.39. The van der Waals surface area contributed by atoms with Crippen molar-refractivity contribution < 1.29 is 0 Å². The van der Waals surface area contributed by atoms with E-state index in [0.29, 0.717) is 5.92 Å². The predicted octanol–water partition coefficient (Wildman–Crippen LogP) is 3.22. The van der Waals surface area contributed by atoms with E-state index in [1.165, 1.54) is 11.1 Å². The Morgan fingerprint density at radius 2 is 1.62 bits per heavy atom. The van der Waals surface area contributed by atoms with Gasteiger partial charge in [0.15, 0.2) is 0 Å². The Balaban J connectivity index is 1.50. The van der Waals surface area contributed by atoms with Gasteiger partial charge < -0.3 is 11.5 Å². The minimum Gasteiger partial charge on any atom is -0.327 e. The normalized spacial score (nSPS) is 25.5. The third kappa shape index (κ3) is 3.52. The highest BCUT2D eigenvalue weighted by Crippen LogP contribution is 2.52. The Labute approximate surface area is 127 Å². The summed E-state index contributed by atoms with van der Waals surface area (Å²) in [6, 6.07) is 21.3. The fourth-order valence-corrected chi connectivity index (χ4v) is 3.21. The molecule has 21 heavy (non-hydrogen) atoms. The topological polar surface area (TPSA) is 52.0 Å². The summed E-state index contributed by atoms with van der Waals surface area (Å²) in [4.78, 5) is 0. The highest BCUT2D eigenvalue weighted by molar-refractivity contribution is 5.32. The Morgan fingerprint density at radius 3 is 2.29 bits per heavy atom. The molecule has 0 heterocycles. The second kappa shape index (κ2) is 6.00. The number of nitrogens with two attached hydrogens (primary N) is 2. The molecular weight excluding hydrogens is 256 g/mol. The van der Waals surface area contributed by atoms with Crippen molar-refractivity contribution >= 4 is 0 Å². The van der Waals surface area contributed by atoms with Crippen LogP contribution in [0.5, 0.6) is 0 Å². The fraction of sp³-hybridized carbons (Fsp3) is 0.368.